The largest absolute Gasteiger partial charge is 0.484 e. The maximum Gasteiger partial charge on any atom is 0.144 e. The Bertz CT molecular complexity index is 529. The Hall–Kier alpha value is -1.46. The Balaban J connectivity index is 1.96. The van der Waals surface area contributed by atoms with Gasteiger partial charge in [-0.3, -0.25) is 0 Å². The van der Waals surface area contributed by atoms with Gasteiger partial charge in [0.25, 0.3) is 0 Å². The lowest BCUT2D eigenvalue weighted by Crippen LogP contribution is -2.19. The van der Waals surface area contributed by atoms with Gasteiger partial charge in [-0.15, -0.1) is 11.3 Å². The molecule has 0 amide bonds. The maximum absolute atomic E-state index is 13.1. The third kappa shape index (κ3) is 1.92. The van der Waals surface area contributed by atoms with Crippen molar-refractivity contribution in [3.63, 3.8) is 0 Å². The van der Waals surface area contributed by atoms with Crippen LogP contribution >= 0.6 is 11.3 Å². The minimum Gasteiger partial charge on any atom is -0.484 e. The number of thiazole rings is 1. The second kappa shape index (κ2) is 4.09. The lowest BCUT2D eigenvalue weighted by molar-refractivity contribution is 0.0636. The number of hydrogen-bond donors (Lipinski definition) is 1. The van der Waals surface area contributed by atoms with E-state index in [0.717, 1.165) is 5.69 Å². The van der Waals surface area contributed by atoms with Gasteiger partial charge in [-0.25, -0.2) is 9.37 Å². The van der Waals surface area contributed by atoms with E-state index < -0.39 is 6.10 Å². The third-order valence-electron chi connectivity index (χ3n) is 2.82. The van der Waals surface area contributed by atoms with E-state index in [1.54, 1.807) is 11.6 Å². The minimum atomic E-state index is -0.707. The van der Waals surface area contributed by atoms with Crippen molar-refractivity contribution in [2.45, 2.75) is 18.6 Å². The first-order valence-electron chi connectivity index (χ1n) is 5.26. The molecule has 0 bridgehead atoms. The van der Waals surface area contributed by atoms with E-state index in [-0.39, 0.29) is 11.9 Å². The van der Waals surface area contributed by atoms with Crippen LogP contribution in [0.3, 0.4) is 0 Å². The molecule has 1 aliphatic rings. The fourth-order valence-corrected chi connectivity index (χ4v) is 2.58. The normalized spacial score (nSPS) is 22.9. The number of fused-ring (bicyclic) bond motifs is 1. The van der Waals surface area contributed by atoms with E-state index in [4.69, 9.17) is 4.74 Å². The number of halogens is 1. The van der Waals surface area contributed by atoms with E-state index in [1.165, 1.54) is 23.5 Å². The van der Waals surface area contributed by atoms with Crippen LogP contribution in [0.4, 0.5) is 4.39 Å². The summed E-state index contributed by atoms with van der Waals surface area (Å²) in [6.45, 7) is 0. The van der Waals surface area contributed by atoms with Crippen molar-refractivity contribution in [2.24, 2.45) is 0 Å². The highest BCUT2D eigenvalue weighted by molar-refractivity contribution is 7.07. The summed E-state index contributed by atoms with van der Waals surface area (Å²) >= 11 is 1.49. The predicted octanol–water partition coefficient (Wildman–Crippen LogP) is 2.84. The molecule has 1 unspecified atom stereocenters. The Labute approximate surface area is 102 Å². The number of aliphatic hydroxyl groups is 1. The highest BCUT2D eigenvalue weighted by Gasteiger charge is 2.29. The van der Waals surface area contributed by atoms with E-state index in [9.17, 15) is 9.50 Å². The van der Waals surface area contributed by atoms with Crippen LogP contribution < -0.4 is 4.74 Å². The van der Waals surface area contributed by atoms with Crippen LogP contribution in [-0.4, -0.2) is 10.1 Å². The molecule has 17 heavy (non-hydrogen) atoms. The van der Waals surface area contributed by atoms with Gasteiger partial charge < -0.3 is 9.84 Å². The molecule has 1 aromatic carbocycles. The standard InChI is InChI=1S/C12H10FNO2S/c13-7-1-2-11-8(3-7)10(15)4-12(16-11)9-5-17-6-14-9/h1-3,5-6,10,12,15H,4H2/t10-,12?/m0/s1. The van der Waals surface area contributed by atoms with Gasteiger partial charge in [0.1, 0.15) is 17.7 Å². The van der Waals surface area contributed by atoms with Gasteiger partial charge >= 0.3 is 0 Å². The quantitative estimate of drug-likeness (QED) is 0.847. The summed E-state index contributed by atoms with van der Waals surface area (Å²) in [4.78, 5) is 4.17. The van der Waals surface area contributed by atoms with Gasteiger partial charge in [-0.05, 0) is 18.2 Å². The van der Waals surface area contributed by atoms with Gasteiger partial charge in [-0.1, -0.05) is 0 Å². The van der Waals surface area contributed by atoms with Crippen LogP contribution in [0.1, 0.15) is 29.9 Å². The smallest absolute Gasteiger partial charge is 0.144 e. The molecule has 1 N–H and O–H groups in total. The SMILES string of the molecule is O[C@H]1CC(c2cscn2)Oc2ccc(F)cc21. The molecule has 0 aliphatic carbocycles. The summed E-state index contributed by atoms with van der Waals surface area (Å²) in [5.41, 5.74) is 3.05. The number of benzene rings is 1. The minimum absolute atomic E-state index is 0.255. The molecule has 5 heteroatoms. The van der Waals surface area contributed by atoms with E-state index in [2.05, 4.69) is 4.98 Å². The first-order chi connectivity index (χ1) is 8.24. The van der Waals surface area contributed by atoms with Crippen LogP contribution in [0.5, 0.6) is 5.75 Å². The molecule has 0 saturated carbocycles. The first-order valence-corrected chi connectivity index (χ1v) is 6.20. The second-order valence-corrected chi connectivity index (χ2v) is 4.67. The third-order valence-corrected chi connectivity index (χ3v) is 3.42. The van der Waals surface area contributed by atoms with Crippen molar-refractivity contribution < 1.29 is 14.2 Å². The van der Waals surface area contributed by atoms with Crippen molar-refractivity contribution in [1.82, 2.24) is 4.98 Å². The van der Waals surface area contributed by atoms with Gasteiger partial charge in [-0.2, -0.15) is 0 Å². The lowest BCUT2D eigenvalue weighted by Gasteiger charge is -2.28. The zero-order valence-corrected chi connectivity index (χ0v) is 9.65. The van der Waals surface area contributed by atoms with Crippen LogP contribution in [-0.2, 0) is 0 Å². The van der Waals surface area contributed by atoms with Crippen LogP contribution in [0, 0.1) is 5.82 Å². The molecule has 1 aliphatic heterocycles. The second-order valence-electron chi connectivity index (χ2n) is 3.95. The van der Waals surface area contributed by atoms with E-state index >= 15 is 0 Å². The number of nitrogens with zero attached hydrogens (tertiary/aromatic N) is 1. The molecule has 2 atom stereocenters. The van der Waals surface area contributed by atoms with Crippen LogP contribution in [0.15, 0.2) is 29.1 Å². The summed E-state index contributed by atoms with van der Waals surface area (Å²) in [5, 5.41) is 11.9. The highest BCUT2D eigenvalue weighted by atomic mass is 32.1. The maximum atomic E-state index is 13.1. The number of hydrogen-bond acceptors (Lipinski definition) is 4. The van der Waals surface area contributed by atoms with Gasteiger partial charge in [0.15, 0.2) is 0 Å². The van der Waals surface area contributed by atoms with Crippen molar-refractivity contribution in [2.75, 3.05) is 0 Å². The fraction of sp³-hybridized carbons (Fsp3) is 0.250. The van der Waals surface area contributed by atoms with Gasteiger partial charge in [0.2, 0.25) is 0 Å². The molecule has 2 aromatic rings. The molecular formula is C12H10FNO2S. The summed E-state index contributed by atoms with van der Waals surface area (Å²) in [6.07, 6.45) is -0.560. The summed E-state index contributed by atoms with van der Waals surface area (Å²) in [5.74, 6) is 0.168. The monoisotopic (exact) mass is 251 g/mol. The number of aromatic nitrogens is 1. The molecule has 2 heterocycles. The van der Waals surface area contributed by atoms with Crippen molar-refractivity contribution in [3.8, 4) is 5.75 Å². The van der Waals surface area contributed by atoms with Gasteiger partial charge in [0, 0.05) is 17.4 Å². The summed E-state index contributed by atoms with van der Waals surface area (Å²) in [7, 11) is 0. The number of aliphatic hydroxyl groups excluding tert-OH is 1. The zero-order valence-electron chi connectivity index (χ0n) is 8.84. The van der Waals surface area contributed by atoms with Crippen molar-refractivity contribution >= 4 is 11.3 Å². The van der Waals surface area contributed by atoms with Crippen LogP contribution in [0.2, 0.25) is 0 Å². The molecule has 0 spiro atoms. The molecule has 3 rings (SSSR count). The molecular weight excluding hydrogens is 241 g/mol. The molecule has 0 radical (unpaired) electrons. The zero-order chi connectivity index (χ0) is 11.8. The molecule has 0 fully saturated rings. The number of rotatable bonds is 1. The van der Waals surface area contributed by atoms with Gasteiger partial charge in [0.05, 0.1) is 17.3 Å². The molecule has 1 aromatic heterocycles. The first kappa shape index (κ1) is 10.7. The van der Waals surface area contributed by atoms with Crippen LogP contribution in [0.25, 0.3) is 0 Å². The fourth-order valence-electron chi connectivity index (χ4n) is 1.98. The Morgan fingerprint density at radius 3 is 3.12 bits per heavy atom. The van der Waals surface area contributed by atoms with Crippen molar-refractivity contribution in [3.05, 3.63) is 46.2 Å². The summed E-state index contributed by atoms with van der Waals surface area (Å²) < 4.78 is 18.8. The Morgan fingerprint density at radius 2 is 2.35 bits per heavy atom. The Morgan fingerprint density at radius 1 is 1.47 bits per heavy atom. The molecule has 88 valence electrons. The van der Waals surface area contributed by atoms with Crippen molar-refractivity contribution in [1.29, 1.82) is 0 Å². The Kier molecular flexibility index (Phi) is 2.57. The number of ether oxygens (including phenoxy) is 1. The topological polar surface area (TPSA) is 42.4 Å². The average Bonchev–Trinajstić information content (AvgIpc) is 2.83. The predicted molar refractivity (Wildman–Crippen MR) is 61.5 cm³/mol. The molecule has 0 saturated heterocycles. The highest BCUT2D eigenvalue weighted by Crippen LogP contribution is 2.40. The van der Waals surface area contributed by atoms with E-state index in [0.29, 0.717) is 17.7 Å². The summed E-state index contributed by atoms with van der Waals surface area (Å²) in [6, 6.07) is 4.19. The lowest BCUT2D eigenvalue weighted by atomic mass is 9.98. The van der Waals surface area contributed by atoms with E-state index in [1.807, 2.05) is 5.38 Å². The molecule has 3 nitrogen and oxygen atoms in total. The average molecular weight is 251 g/mol.